The van der Waals surface area contributed by atoms with Gasteiger partial charge in [-0.2, -0.15) is 5.10 Å². The second-order valence-electron chi connectivity index (χ2n) is 7.31. The second-order valence-corrected chi connectivity index (χ2v) is 7.31. The second kappa shape index (κ2) is 6.26. The van der Waals surface area contributed by atoms with Gasteiger partial charge in [0.2, 0.25) is 0 Å². The minimum Gasteiger partial charge on any atom is -0.345 e. The molecule has 0 atom stereocenters. The summed E-state index contributed by atoms with van der Waals surface area (Å²) in [5.74, 6) is 0.401. The molecule has 0 spiro atoms. The Kier molecular flexibility index (Phi) is 3.74. The van der Waals surface area contributed by atoms with E-state index in [1.807, 2.05) is 25.4 Å². The number of fused-ring (bicyclic) bond motifs is 3. The summed E-state index contributed by atoms with van der Waals surface area (Å²) in [6.45, 7) is 2.26. The number of rotatable bonds is 4. The summed E-state index contributed by atoms with van der Waals surface area (Å²) in [5.41, 5.74) is 7.34. The third-order valence-electron chi connectivity index (χ3n) is 5.28. The van der Waals surface area contributed by atoms with Gasteiger partial charge in [-0.25, -0.2) is 4.98 Å². The first-order chi connectivity index (χ1) is 13.2. The summed E-state index contributed by atoms with van der Waals surface area (Å²) in [6, 6.07) is 2.03. The van der Waals surface area contributed by atoms with Crippen LogP contribution in [0.15, 0.2) is 24.7 Å². The molecular formula is C20H20N6O. The van der Waals surface area contributed by atoms with Crippen molar-refractivity contribution in [3.63, 3.8) is 0 Å². The zero-order chi connectivity index (χ0) is 18.4. The third-order valence-corrected chi connectivity index (χ3v) is 5.28. The highest BCUT2D eigenvalue weighted by molar-refractivity contribution is 5.94. The van der Waals surface area contributed by atoms with Crippen LogP contribution in [-0.4, -0.2) is 31.1 Å². The highest BCUT2D eigenvalue weighted by Gasteiger charge is 2.25. The Morgan fingerprint density at radius 3 is 2.89 bits per heavy atom. The Balaban J connectivity index is 1.33. The Labute approximate surface area is 156 Å². The molecular weight excluding hydrogens is 340 g/mol. The van der Waals surface area contributed by atoms with Crippen molar-refractivity contribution in [2.75, 3.05) is 0 Å². The molecule has 0 aromatic carbocycles. The number of amides is 1. The molecule has 1 fully saturated rings. The Morgan fingerprint density at radius 1 is 1.22 bits per heavy atom. The molecule has 0 unspecified atom stereocenters. The van der Waals surface area contributed by atoms with Crippen LogP contribution >= 0.6 is 0 Å². The van der Waals surface area contributed by atoms with Gasteiger partial charge in [-0.05, 0) is 49.8 Å². The topological polar surface area (TPSA) is 96.5 Å². The lowest BCUT2D eigenvalue weighted by Gasteiger charge is -2.17. The fraction of sp³-hybridized carbons (Fsp3) is 0.350. The molecule has 3 aromatic rings. The van der Waals surface area contributed by atoms with Gasteiger partial charge >= 0.3 is 0 Å². The van der Waals surface area contributed by atoms with Crippen molar-refractivity contribution in [1.29, 1.82) is 0 Å². The average Bonchev–Trinajstić information content (AvgIpc) is 3.42. The molecule has 1 saturated carbocycles. The molecule has 27 heavy (non-hydrogen) atoms. The molecule has 0 radical (unpaired) electrons. The smallest absolute Gasteiger partial charge is 0.270 e. The van der Waals surface area contributed by atoms with E-state index in [1.165, 1.54) is 18.4 Å². The molecule has 2 aliphatic rings. The monoisotopic (exact) mass is 360 g/mol. The molecule has 7 heteroatoms. The number of carbonyl (C=O) groups excluding carboxylic acids is 1. The number of aryl methyl sites for hydroxylation is 3. The minimum atomic E-state index is -0.182. The van der Waals surface area contributed by atoms with Crippen molar-refractivity contribution >= 4 is 5.91 Å². The van der Waals surface area contributed by atoms with E-state index >= 15 is 0 Å². The maximum absolute atomic E-state index is 12.7. The van der Waals surface area contributed by atoms with Gasteiger partial charge in [0.15, 0.2) is 0 Å². The van der Waals surface area contributed by atoms with Gasteiger partial charge in [0, 0.05) is 17.7 Å². The van der Waals surface area contributed by atoms with Crippen LogP contribution in [0, 0.1) is 6.92 Å². The SMILES string of the molecule is Cc1cc2c(nc1C(=O)NCc1cnc(C3CC3)cn1)CCc1cn[nH]c1-2. The number of H-pyrrole nitrogens is 1. The van der Waals surface area contributed by atoms with Crippen LogP contribution in [0.3, 0.4) is 0 Å². The van der Waals surface area contributed by atoms with Gasteiger partial charge in [0.1, 0.15) is 5.69 Å². The molecule has 1 amide bonds. The number of nitrogens with zero attached hydrogens (tertiary/aromatic N) is 4. The number of aromatic nitrogens is 5. The van der Waals surface area contributed by atoms with Crippen molar-refractivity contribution in [1.82, 2.24) is 30.5 Å². The number of nitrogens with one attached hydrogen (secondary N) is 2. The fourth-order valence-corrected chi connectivity index (χ4v) is 3.58. The van der Waals surface area contributed by atoms with Crippen LogP contribution in [0.5, 0.6) is 0 Å². The molecule has 2 aliphatic carbocycles. The van der Waals surface area contributed by atoms with Crippen LogP contribution in [0.2, 0.25) is 0 Å². The summed E-state index contributed by atoms with van der Waals surface area (Å²) in [7, 11) is 0. The van der Waals surface area contributed by atoms with Crippen molar-refractivity contribution in [3.05, 3.63) is 58.6 Å². The summed E-state index contributed by atoms with van der Waals surface area (Å²) in [4.78, 5) is 26.2. The van der Waals surface area contributed by atoms with E-state index in [0.29, 0.717) is 18.2 Å². The highest BCUT2D eigenvalue weighted by Crippen LogP contribution is 2.38. The van der Waals surface area contributed by atoms with Crippen molar-refractivity contribution in [2.24, 2.45) is 0 Å². The predicted octanol–water partition coefficient (Wildman–Crippen LogP) is 2.48. The largest absolute Gasteiger partial charge is 0.345 e. The van der Waals surface area contributed by atoms with Gasteiger partial charge in [-0.1, -0.05) is 0 Å². The van der Waals surface area contributed by atoms with Crippen LogP contribution in [0.25, 0.3) is 11.3 Å². The molecule has 3 heterocycles. The summed E-state index contributed by atoms with van der Waals surface area (Å²) in [5, 5.41) is 10.1. The number of hydrogen-bond donors (Lipinski definition) is 2. The van der Waals surface area contributed by atoms with E-state index in [1.54, 1.807) is 6.20 Å². The zero-order valence-corrected chi connectivity index (χ0v) is 15.1. The Hall–Kier alpha value is -3.09. The van der Waals surface area contributed by atoms with Crippen molar-refractivity contribution in [2.45, 2.75) is 45.1 Å². The molecule has 136 valence electrons. The van der Waals surface area contributed by atoms with Gasteiger partial charge in [-0.15, -0.1) is 0 Å². The molecule has 0 saturated heterocycles. The number of aromatic amines is 1. The number of hydrogen-bond acceptors (Lipinski definition) is 5. The molecule has 0 aliphatic heterocycles. The van der Waals surface area contributed by atoms with E-state index in [9.17, 15) is 4.79 Å². The zero-order valence-electron chi connectivity index (χ0n) is 15.1. The molecule has 5 rings (SSSR count). The first kappa shape index (κ1) is 16.1. The Morgan fingerprint density at radius 2 is 2.11 bits per heavy atom. The van der Waals surface area contributed by atoms with Crippen LogP contribution in [0.1, 0.15) is 57.5 Å². The van der Waals surface area contributed by atoms with Crippen molar-refractivity contribution < 1.29 is 4.79 Å². The lowest BCUT2D eigenvalue weighted by atomic mass is 9.93. The normalized spacial score (nSPS) is 15.1. The first-order valence-electron chi connectivity index (χ1n) is 9.31. The average molecular weight is 360 g/mol. The standard InChI is InChI=1S/C20H20N6O/c1-11-6-15-16(5-4-13-7-24-26-19(13)15)25-18(11)20(27)23-9-14-8-22-17(10-21-14)12-2-3-12/h6-8,10,12H,2-5,9H2,1H3,(H,23,27)(H,24,26). The lowest BCUT2D eigenvalue weighted by Crippen LogP contribution is -2.26. The van der Waals surface area contributed by atoms with Gasteiger partial charge in [-0.3, -0.25) is 19.9 Å². The molecule has 3 aromatic heterocycles. The van der Waals surface area contributed by atoms with Gasteiger partial charge < -0.3 is 5.32 Å². The Bertz CT molecular complexity index is 1020. The minimum absolute atomic E-state index is 0.182. The summed E-state index contributed by atoms with van der Waals surface area (Å²) >= 11 is 0. The van der Waals surface area contributed by atoms with E-state index in [4.69, 9.17) is 0 Å². The summed E-state index contributed by atoms with van der Waals surface area (Å²) < 4.78 is 0. The van der Waals surface area contributed by atoms with E-state index in [2.05, 4.69) is 30.5 Å². The highest BCUT2D eigenvalue weighted by atomic mass is 16.1. The molecule has 0 bridgehead atoms. The number of pyridine rings is 1. The maximum Gasteiger partial charge on any atom is 0.270 e. The van der Waals surface area contributed by atoms with E-state index in [0.717, 1.165) is 46.7 Å². The quantitative estimate of drug-likeness (QED) is 0.745. The maximum atomic E-state index is 12.7. The molecule has 7 nitrogen and oxygen atoms in total. The summed E-state index contributed by atoms with van der Waals surface area (Å²) in [6.07, 6.45) is 9.55. The predicted molar refractivity (Wildman–Crippen MR) is 99.1 cm³/mol. The van der Waals surface area contributed by atoms with Gasteiger partial charge in [0.25, 0.3) is 5.91 Å². The fourth-order valence-electron chi connectivity index (χ4n) is 3.58. The third kappa shape index (κ3) is 2.99. The van der Waals surface area contributed by atoms with Crippen LogP contribution in [-0.2, 0) is 19.4 Å². The van der Waals surface area contributed by atoms with Crippen LogP contribution < -0.4 is 5.32 Å². The van der Waals surface area contributed by atoms with Gasteiger partial charge in [0.05, 0.1) is 41.7 Å². The van der Waals surface area contributed by atoms with E-state index in [-0.39, 0.29) is 5.91 Å². The number of carbonyl (C=O) groups is 1. The first-order valence-corrected chi connectivity index (χ1v) is 9.31. The lowest BCUT2D eigenvalue weighted by molar-refractivity contribution is 0.0944. The van der Waals surface area contributed by atoms with Crippen molar-refractivity contribution in [3.8, 4) is 11.3 Å². The van der Waals surface area contributed by atoms with E-state index < -0.39 is 0 Å². The molecule has 2 N–H and O–H groups in total. The van der Waals surface area contributed by atoms with Crippen LogP contribution in [0.4, 0.5) is 0 Å².